The number of carbonyl (C=O) groups excluding carboxylic acids is 1. The number of morpholine rings is 1. The number of benzene rings is 1. The van der Waals surface area contributed by atoms with Crippen LogP contribution in [0.3, 0.4) is 0 Å². The van der Waals surface area contributed by atoms with Gasteiger partial charge in [-0.05, 0) is 18.2 Å². The number of phenols is 1. The molecule has 98 valence electrons. The molecule has 1 heterocycles. The van der Waals surface area contributed by atoms with Crippen molar-refractivity contribution in [3.8, 4) is 5.75 Å². The molecule has 0 spiro atoms. The number of ether oxygens (including phenoxy) is 1. The van der Waals surface area contributed by atoms with E-state index in [0.717, 1.165) is 4.47 Å². The van der Waals surface area contributed by atoms with Crippen LogP contribution in [0.15, 0.2) is 22.7 Å². The number of phenolic OH excluding ortho intramolecular Hbond substituents is 1. The Kier molecular flexibility index (Phi) is 4.64. The van der Waals surface area contributed by atoms with Crippen LogP contribution < -0.4 is 0 Å². The summed E-state index contributed by atoms with van der Waals surface area (Å²) in [7, 11) is 0. The Hall–Kier alpha value is -0.590. The molecule has 1 N–H and O–H groups in total. The molecule has 1 aliphatic heterocycles. The van der Waals surface area contributed by atoms with Gasteiger partial charge in [0.2, 0.25) is 0 Å². The number of alkyl halides is 1. The molecule has 1 saturated heterocycles. The lowest BCUT2D eigenvalue weighted by atomic mass is 10.1. The Morgan fingerprint density at radius 2 is 2.33 bits per heavy atom. The number of hydrogen-bond donors (Lipinski definition) is 1. The Bertz CT molecular complexity index is 453. The number of halogens is 2. The van der Waals surface area contributed by atoms with E-state index >= 15 is 0 Å². The van der Waals surface area contributed by atoms with Crippen molar-refractivity contribution in [1.82, 2.24) is 4.90 Å². The normalized spacial score (nSPS) is 19.9. The van der Waals surface area contributed by atoms with E-state index in [9.17, 15) is 9.90 Å². The fourth-order valence-corrected chi connectivity index (χ4v) is 2.60. The summed E-state index contributed by atoms with van der Waals surface area (Å²) in [5, 5.41) is 10.4. The number of amides is 1. The van der Waals surface area contributed by atoms with E-state index in [1.807, 2.05) is 0 Å². The fraction of sp³-hybridized carbons (Fsp3) is 0.417. The van der Waals surface area contributed by atoms with E-state index in [0.29, 0.717) is 30.6 Å². The van der Waals surface area contributed by atoms with Gasteiger partial charge in [0.05, 0.1) is 18.3 Å². The van der Waals surface area contributed by atoms with Crippen molar-refractivity contribution < 1.29 is 14.6 Å². The van der Waals surface area contributed by atoms with Gasteiger partial charge in [-0.1, -0.05) is 31.9 Å². The average Bonchev–Trinajstić information content (AvgIpc) is 2.41. The second-order valence-corrected chi connectivity index (χ2v) is 5.62. The molecule has 1 amide bonds. The molecule has 0 radical (unpaired) electrons. The molecular weight excluding hydrogens is 366 g/mol. The van der Waals surface area contributed by atoms with Crippen molar-refractivity contribution in [2.45, 2.75) is 6.10 Å². The highest BCUT2D eigenvalue weighted by Crippen LogP contribution is 2.24. The topological polar surface area (TPSA) is 49.8 Å². The first-order chi connectivity index (χ1) is 8.61. The standard InChI is InChI=1S/C12H13Br2NO3/c13-6-9-7-15(3-4-18-9)12(17)10-5-8(14)1-2-11(10)16/h1-2,5,9,16H,3-4,6-7H2. The van der Waals surface area contributed by atoms with Crippen LogP contribution in [0, 0.1) is 0 Å². The minimum atomic E-state index is -0.164. The summed E-state index contributed by atoms with van der Waals surface area (Å²) < 4.78 is 6.26. The van der Waals surface area contributed by atoms with E-state index in [1.54, 1.807) is 17.0 Å². The second-order valence-electron chi connectivity index (χ2n) is 4.06. The smallest absolute Gasteiger partial charge is 0.257 e. The van der Waals surface area contributed by atoms with Crippen LogP contribution in [0.2, 0.25) is 0 Å². The molecule has 1 aromatic rings. The number of carbonyl (C=O) groups is 1. The third kappa shape index (κ3) is 3.05. The molecule has 0 aliphatic carbocycles. The quantitative estimate of drug-likeness (QED) is 0.804. The molecule has 0 aromatic heterocycles. The Labute approximate surface area is 122 Å². The summed E-state index contributed by atoms with van der Waals surface area (Å²) in [4.78, 5) is 14.0. The van der Waals surface area contributed by atoms with Crippen molar-refractivity contribution in [2.75, 3.05) is 25.0 Å². The van der Waals surface area contributed by atoms with Crippen LogP contribution in [0.5, 0.6) is 5.75 Å². The minimum absolute atomic E-state index is 0.00471. The molecule has 1 atom stereocenters. The van der Waals surface area contributed by atoms with Crippen LogP contribution in [0.1, 0.15) is 10.4 Å². The second kappa shape index (κ2) is 6.04. The van der Waals surface area contributed by atoms with Crippen LogP contribution in [0.4, 0.5) is 0 Å². The van der Waals surface area contributed by atoms with Gasteiger partial charge in [-0.2, -0.15) is 0 Å². The third-order valence-electron chi connectivity index (χ3n) is 2.79. The largest absolute Gasteiger partial charge is 0.507 e. The van der Waals surface area contributed by atoms with Crippen LogP contribution in [0.25, 0.3) is 0 Å². The zero-order valence-electron chi connectivity index (χ0n) is 9.60. The predicted molar refractivity (Wildman–Crippen MR) is 75.2 cm³/mol. The molecule has 1 fully saturated rings. The first-order valence-electron chi connectivity index (χ1n) is 5.57. The molecule has 1 aromatic carbocycles. The highest BCUT2D eigenvalue weighted by atomic mass is 79.9. The monoisotopic (exact) mass is 377 g/mol. The number of rotatable bonds is 2. The van der Waals surface area contributed by atoms with Crippen LogP contribution in [-0.2, 0) is 4.74 Å². The third-order valence-corrected chi connectivity index (χ3v) is 4.00. The summed E-state index contributed by atoms with van der Waals surface area (Å²) in [6, 6.07) is 4.85. The Balaban J connectivity index is 2.17. The zero-order chi connectivity index (χ0) is 13.1. The van der Waals surface area contributed by atoms with Crippen molar-refractivity contribution in [3.05, 3.63) is 28.2 Å². The molecule has 0 bridgehead atoms. The lowest BCUT2D eigenvalue weighted by Crippen LogP contribution is -2.46. The SMILES string of the molecule is O=C(c1cc(Br)ccc1O)N1CCOC(CBr)C1. The molecule has 0 saturated carbocycles. The summed E-state index contributed by atoms with van der Waals surface area (Å²) >= 11 is 6.65. The molecule has 1 unspecified atom stereocenters. The molecule has 18 heavy (non-hydrogen) atoms. The van der Waals surface area contributed by atoms with Gasteiger partial charge in [0, 0.05) is 22.9 Å². The van der Waals surface area contributed by atoms with Gasteiger partial charge >= 0.3 is 0 Å². The Morgan fingerprint density at radius 3 is 3.06 bits per heavy atom. The van der Waals surface area contributed by atoms with Crippen LogP contribution >= 0.6 is 31.9 Å². The minimum Gasteiger partial charge on any atom is -0.507 e. The van der Waals surface area contributed by atoms with E-state index in [1.165, 1.54) is 6.07 Å². The van der Waals surface area contributed by atoms with Gasteiger partial charge in [0.25, 0.3) is 5.91 Å². The van der Waals surface area contributed by atoms with Crippen LogP contribution in [-0.4, -0.2) is 47.0 Å². The lowest BCUT2D eigenvalue weighted by Gasteiger charge is -2.32. The van der Waals surface area contributed by atoms with Gasteiger partial charge in [-0.15, -0.1) is 0 Å². The van der Waals surface area contributed by atoms with E-state index < -0.39 is 0 Å². The summed E-state index contributed by atoms with van der Waals surface area (Å²) in [6.07, 6.45) is 0.0111. The predicted octanol–water partition coefficient (Wildman–Crippen LogP) is 2.39. The fourth-order valence-electron chi connectivity index (χ4n) is 1.85. The maximum Gasteiger partial charge on any atom is 0.257 e. The lowest BCUT2D eigenvalue weighted by molar-refractivity contribution is -0.00975. The Morgan fingerprint density at radius 1 is 1.56 bits per heavy atom. The van der Waals surface area contributed by atoms with E-state index in [-0.39, 0.29) is 17.8 Å². The first-order valence-corrected chi connectivity index (χ1v) is 7.48. The number of nitrogens with zero attached hydrogens (tertiary/aromatic N) is 1. The number of hydrogen-bond acceptors (Lipinski definition) is 3. The van der Waals surface area contributed by atoms with Crippen molar-refractivity contribution in [3.63, 3.8) is 0 Å². The maximum atomic E-state index is 12.3. The highest BCUT2D eigenvalue weighted by Gasteiger charge is 2.25. The van der Waals surface area contributed by atoms with Crippen molar-refractivity contribution in [1.29, 1.82) is 0 Å². The zero-order valence-corrected chi connectivity index (χ0v) is 12.8. The van der Waals surface area contributed by atoms with E-state index in [2.05, 4.69) is 31.9 Å². The first kappa shape index (κ1) is 13.8. The van der Waals surface area contributed by atoms with E-state index in [4.69, 9.17) is 4.74 Å². The molecular formula is C12H13Br2NO3. The maximum absolute atomic E-state index is 12.3. The van der Waals surface area contributed by atoms with Gasteiger partial charge < -0.3 is 14.7 Å². The molecule has 6 heteroatoms. The van der Waals surface area contributed by atoms with Gasteiger partial charge in [-0.25, -0.2) is 0 Å². The van der Waals surface area contributed by atoms with Crippen molar-refractivity contribution >= 4 is 37.8 Å². The van der Waals surface area contributed by atoms with Crippen molar-refractivity contribution in [2.24, 2.45) is 0 Å². The molecule has 2 rings (SSSR count). The summed E-state index contributed by atoms with van der Waals surface area (Å²) in [5.41, 5.74) is 0.319. The summed E-state index contributed by atoms with van der Waals surface area (Å²) in [5.74, 6) is -0.159. The molecule has 1 aliphatic rings. The highest BCUT2D eigenvalue weighted by molar-refractivity contribution is 9.10. The van der Waals surface area contributed by atoms with Gasteiger partial charge in [0.1, 0.15) is 5.75 Å². The van der Waals surface area contributed by atoms with Gasteiger partial charge in [-0.3, -0.25) is 4.79 Å². The molecule has 4 nitrogen and oxygen atoms in total. The average molecular weight is 379 g/mol. The number of aromatic hydroxyl groups is 1. The summed E-state index contributed by atoms with van der Waals surface area (Å²) in [6.45, 7) is 1.61. The van der Waals surface area contributed by atoms with Gasteiger partial charge in [0.15, 0.2) is 0 Å².